The van der Waals surface area contributed by atoms with Crippen LogP contribution in [-0.4, -0.2) is 12.7 Å². The molecule has 10 heteroatoms. The molecule has 0 radical (unpaired) electrons. The summed E-state index contributed by atoms with van der Waals surface area (Å²) in [5, 5.41) is 12.6. The number of anilines is 1. The van der Waals surface area contributed by atoms with Gasteiger partial charge in [0.05, 0.1) is 24.7 Å². The van der Waals surface area contributed by atoms with Crippen molar-refractivity contribution < 1.29 is 19.0 Å². The summed E-state index contributed by atoms with van der Waals surface area (Å²) in [6, 6.07) is 15.9. The maximum Gasteiger partial charge on any atom is 0.266 e. The fourth-order valence-electron chi connectivity index (χ4n) is 3.09. The van der Waals surface area contributed by atoms with Gasteiger partial charge in [-0.1, -0.05) is 35.3 Å². The van der Waals surface area contributed by atoms with Gasteiger partial charge >= 0.3 is 0 Å². The number of rotatable bonds is 6. The van der Waals surface area contributed by atoms with Crippen LogP contribution in [0.15, 0.2) is 63.0 Å². The number of benzene rings is 3. The summed E-state index contributed by atoms with van der Waals surface area (Å²) in [6.07, 6.45) is 1.46. The number of nitriles is 1. The second kappa shape index (κ2) is 10.7. The lowest BCUT2D eigenvalue weighted by atomic mass is 10.1. The lowest BCUT2D eigenvalue weighted by Crippen LogP contribution is -2.13. The van der Waals surface area contributed by atoms with E-state index in [1.807, 2.05) is 24.3 Å². The number of carbonyl (C=O) groups excluding carboxylic acids is 1. The van der Waals surface area contributed by atoms with Crippen molar-refractivity contribution in [1.82, 2.24) is 0 Å². The lowest BCUT2D eigenvalue weighted by Gasteiger charge is -2.12. The summed E-state index contributed by atoms with van der Waals surface area (Å²) in [5.41, 5.74) is 1.73. The van der Waals surface area contributed by atoms with Crippen molar-refractivity contribution >= 4 is 72.7 Å². The van der Waals surface area contributed by atoms with E-state index in [1.54, 1.807) is 30.3 Å². The van der Waals surface area contributed by atoms with Crippen LogP contribution in [0.4, 0.5) is 5.69 Å². The molecule has 172 valence electrons. The molecule has 3 aromatic carbocycles. The zero-order valence-corrected chi connectivity index (χ0v) is 21.9. The van der Waals surface area contributed by atoms with E-state index in [-0.39, 0.29) is 17.4 Å². The Balaban J connectivity index is 1.50. The average Bonchev–Trinajstić information content (AvgIpc) is 3.28. The molecule has 0 saturated carbocycles. The number of carbonyl (C=O) groups is 1. The molecular formula is C24H14Br2Cl2N2O4. The Labute approximate surface area is 222 Å². The largest absolute Gasteiger partial charge is 0.487 e. The summed E-state index contributed by atoms with van der Waals surface area (Å²) >= 11 is 19.1. The predicted octanol–water partition coefficient (Wildman–Crippen LogP) is 7.37. The molecule has 6 nitrogen and oxygen atoms in total. The van der Waals surface area contributed by atoms with Crippen molar-refractivity contribution in [3.63, 3.8) is 0 Å². The van der Waals surface area contributed by atoms with E-state index in [9.17, 15) is 10.1 Å². The first kappa shape index (κ1) is 24.4. The van der Waals surface area contributed by atoms with Crippen LogP contribution in [-0.2, 0) is 11.4 Å². The third-order valence-corrected chi connectivity index (χ3v) is 6.71. The molecule has 0 saturated heterocycles. The number of hydrogen-bond acceptors (Lipinski definition) is 5. The van der Waals surface area contributed by atoms with Crippen molar-refractivity contribution in [2.24, 2.45) is 0 Å². The van der Waals surface area contributed by atoms with Gasteiger partial charge in [0.15, 0.2) is 11.5 Å². The molecule has 1 amide bonds. The minimum Gasteiger partial charge on any atom is -0.487 e. The van der Waals surface area contributed by atoms with E-state index < -0.39 is 5.91 Å². The second-order valence-electron chi connectivity index (χ2n) is 7.02. The molecule has 0 aliphatic carbocycles. The van der Waals surface area contributed by atoms with Crippen LogP contribution in [0.25, 0.3) is 6.08 Å². The topological polar surface area (TPSA) is 80.6 Å². The Morgan fingerprint density at radius 2 is 1.85 bits per heavy atom. The van der Waals surface area contributed by atoms with E-state index in [0.29, 0.717) is 49.1 Å². The third-order valence-electron chi connectivity index (χ3n) is 4.72. The molecule has 0 spiro atoms. The van der Waals surface area contributed by atoms with Crippen molar-refractivity contribution in [3.8, 4) is 23.3 Å². The normalized spacial score (nSPS) is 12.3. The summed E-state index contributed by atoms with van der Waals surface area (Å²) in [6.45, 7) is 0.510. The molecule has 1 aliphatic heterocycles. The van der Waals surface area contributed by atoms with Crippen LogP contribution in [0.5, 0.6) is 17.2 Å². The van der Waals surface area contributed by atoms with Crippen LogP contribution in [0.2, 0.25) is 10.0 Å². The van der Waals surface area contributed by atoms with Crippen LogP contribution < -0.4 is 19.5 Å². The van der Waals surface area contributed by atoms with E-state index in [1.165, 1.54) is 6.08 Å². The van der Waals surface area contributed by atoms with Gasteiger partial charge < -0.3 is 19.5 Å². The molecule has 1 N–H and O–H groups in total. The maximum absolute atomic E-state index is 12.6. The molecular weight excluding hydrogens is 611 g/mol. The molecule has 34 heavy (non-hydrogen) atoms. The Bertz CT molecular complexity index is 1330. The third kappa shape index (κ3) is 5.50. The van der Waals surface area contributed by atoms with Gasteiger partial charge in [0.2, 0.25) is 6.79 Å². The first-order valence-electron chi connectivity index (χ1n) is 9.73. The number of nitrogens with zero attached hydrogens (tertiary/aromatic N) is 1. The number of hydrogen-bond donors (Lipinski definition) is 1. The predicted molar refractivity (Wildman–Crippen MR) is 137 cm³/mol. The van der Waals surface area contributed by atoms with Gasteiger partial charge in [-0.05, 0) is 85.5 Å². The van der Waals surface area contributed by atoms with Crippen molar-refractivity contribution in [1.29, 1.82) is 5.26 Å². The standard InChI is InChI=1S/C24H14Br2Cl2N2O4/c25-16-7-14(6-15(10-29)24(31)30-19-3-1-2-18(27)22(19)28)8-17(26)23(16)32-11-13-4-5-20-21(9-13)34-12-33-20/h1-9H,11-12H2,(H,30,31)/b15-6-. The zero-order chi connectivity index (χ0) is 24.2. The molecule has 0 atom stereocenters. The minimum absolute atomic E-state index is 0.108. The highest BCUT2D eigenvalue weighted by Gasteiger charge is 2.16. The van der Waals surface area contributed by atoms with Crippen LogP contribution >= 0.6 is 55.1 Å². The highest BCUT2D eigenvalue weighted by atomic mass is 79.9. The highest BCUT2D eigenvalue weighted by Crippen LogP contribution is 2.37. The summed E-state index contributed by atoms with van der Waals surface area (Å²) < 4.78 is 18.0. The second-order valence-corrected chi connectivity index (χ2v) is 9.51. The van der Waals surface area contributed by atoms with Crippen molar-refractivity contribution in [2.45, 2.75) is 6.61 Å². The minimum atomic E-state index is -0.609. The maximum atomic E-state index is 12.6. The molecule has 4 rings (SSSR count). The fraction of sp³-hybridized carbons (Fsp3) is 0.0833. The molecule has 1 heterocycles. The Morgan fingerprint density at radius 1 is 1.12 bits per heavy atom. The molecule has 0 bridgehead atoms. The van der Waals surface area contributed by atoms with Gasteiger partial charge in [0.1, 0.15) is 24.0 Å². The average molecular weight is 625 g/mol. The van der Waals surface area contributed by atoms with Gasteiger partial charge in [-0.2, -0.15) is 5.26 Å². The van der Waals surface area contributed by atoms with Gasteiger partial charge in [-0.25, -0.2) is 0 Å². The van der Waals surface area contributed by atoms with Gasteiger partial charge in [-0.15, -0.1) is 0 Å². The summed E-state index contributed by atoms with van der Waals surface area (Å²) in [7, 11) is 0. The number of halogens is 4. The summed E-state index contributed by atoms with van der Waals surface area (Å²) in [4.78, 5) is 12.6. The number of amides is 1. The Kier molecular flexibility index (Phi) is 7.69. The van der Waals surface area contributed by atoms with Crippen LogP contribution in [0, 0.1) is 11.3 Å². The molecule has 0 aromatic heterocycles. The van der Waals surface area contributed by atoms with Gasteiger partial charge in [0.25, 0.3) is 5.91 Å². The Hall–Kier alpha value is -2.70. The van der Waals surface area contributed by atoms with E-state index in [4.69, 9.17) is 37.4 Å². The van der Waals surface area contributed by atoms with Crippen LogP contribution in [0.3, 0.4) is 0 Å². The quantitative estimate of drug-likeness (QED) is 0.229. The lowest BCUT2D eigenvalue weighted by molar-refractivity contribution is -0.112. The zero-order valence-electron chi connectivity index (χ0n) is 17.2. The molecule has 0 unspecified atom stereocenters. The monoisotopic (exact) mass is 622 g/mol. The fourth-order valence-corrected chi connectivity index (χ4v) is 4.89. The highest BCUT2D eigenvalue weighted by molar-refractivity contribution is 9.11. The number of ether oxygens (including phenoxy) is 3. The molecule has 3 aromatic rings. The van der Waals surface area contributed by atoms with Gasteiger partial charge in [0, 0.05) is 0 Å². The number of nitrogens with one attached hydrogen (secondary N) is 1. The molecule has 1 aliphatic rings. The summed E-state index contributed by atoms with van der Waals surface area (Å²) in [5.74, 6) is 1.35. The van der Waals surface area contributed by atoms with Crippen LogP contribution in [0.1, 0.15) is 11.1 Å². The van der Waals surface area contributed by atoms with Crippen molar-refractivity contribution in [3.05, 3.63) is 84.2 Å². The van der Waals surface area contributed by atoms with Crippen molar-refractivity contribution in [2.75, 3.05) is 12.1 Å². The van der Waals surface area contributed by atoms with E-state index >= 15 is 0 Å². The first-order valence-corrected chi connectivity index (χ1v) is 12.1. The van der Waals surface area contributed by atoms with Gasteiger partial charge in [-0.3, -0.25) is 4.79 Å². The smallest absolute Gasteiger partial charge is 0.266 e. The molecule has 0 fully saturated rings. The van der Waals surface area contributed by atoms with E-state index in [2.05, 4.69) is 37.2 Å². The SMILES string of the molecule is N#C/C(=C/c1cc(Br)c(OCc2ccc3c(c2)OCO3)c(Br)c1)C(=O)Nc1cccc(Cl)c1Cl. The Morgan fingerprint density at radius 3 is 2.59 bits per heavy atom. The first-order chi connectivity index (χ1) is 16.4. The number of fused-ring (bicyclic) bond motifs is 1. The van der Waals surface area contributed by atoms with E-state index in [0.717, 1.165) is 5.56 Å².